The first-order valence-electron chi connectivity index (χ1n) is 6.09. The highest BCUT2D eigenvalue weighted by atomic mass is 19.1. The maximum absolute atomic E-state index is 14.0. The quantitative estimate of drug-likeness (QED) is 0.899. The molecule has 6 heteroatoms. The van der Waals surface area contributed by atoms with Crippen LogP contribution in [0.1, 0.15) is 10.4 Å². The van der Waals surface area contributed by atoms with Crippen molar-refractivity contribution in [3.8, 4) is 5.75 Å². The molecule has 1 amide bonds. The molecule has 1 aromatic rings. The van der Waals surface area contributed by atoms with Crippen LogP contribution in [0.25, 0.3) is 0 Å². The molecule has 0 aromatic heterocycles. The average Bonchev–Trinajstić information content (AvgIpc) is 2.47. The number of rotatable bonds is 3. The van der Waals surface area contributed by atoms with Crippen molar-refractivity contribution >= 4 is 11.6 Å². The van der Waals surface area contributed by atoms with E-state index in [2.05, 4.69) is 5.32 Å². The second-order valence-corrected chi connectivity index (χ2v) is 4.19. The molecule has 1 saturated heterocycles. The van der Waals surface area contributed by atoms with Crippen LogP contribution in [0.4, 0.5) is 10.1 Å². The van der Waals surface area contributed by atoms with Gasteiger partial charge in [-0.3, -0.25) is 4.79 Å². The van der Waals surface area contributed by atoms with Crippen molar-refractivity contribution in [1.82, 2.24) is 4.90 Å². The van der Waals surface area contributed by atoms with E-state index in [9.17, 15) is 9.18 Å². The molecule has 1 N–H and O–H groups in total. The number of nitrogens with zero attached hydrogens (tertiary/aromatic N) is 1. The largest absolute Gasteiger partial charge is 0.495 e. The van der Waals surface area contributed by atoms with Gasteiger partial charge in [-0.1, -0.05) is 0 Å². The van der Waals surface area contributed by atoms with E-state index in [1.807, 2.05) is 0 Å². The summed E-state index contributed by atoms with van der Waals surface area (Å²) >= 11 is 0. The molecule has 0 saturated carbocycles. The minimum absolute atomic E-state index is 0.0257. The molecule has 1 heterocycles. The third kappa shape index (κ3) is 2.78. The van der Waals surface area contributed by atoms with Gasteiger partial charge in [-0.15, -0.1) is 0 Å². The Kier molecular flexibility index (Phi) is 4.21. The zero-order valence-corrected chi connectivity index (χ0v) is 11.0. The number of hydrogen-bond donors (Lipinski definition) is 1. The van der Waals surface area contributed by atoms with Gasteiger partial charge in [0, 0.05) is 26.2 Å². The molecule has 2 rings (SSSR count). The zero-order chi connectivity index (χ0) is 13.8. The standard InChI is InChI=1S/C13H17FN2O3/c1-15-11-8-10(14)9(7-12(11)18-2)13(17)16-3-5-19-6-4-16/h7-8,15H,3-6H2,1-2H3. The van der Waals surface area contributed by atoms with E-state index in [1.54, 1.807) is 11.9 Å². The average molecular weight is 268 g/mol. The normalized spacial score (nSPS) is 15.2. The van der Waals surface area contributed by atoms with Gasteiger partial charge in [-0.05, 0) is 6.07 Å². The first-order chi connectivity index (χ1) is 9.17. The lowest BCUT2D eigenvalue weighted by atomic mass is 10.1. The van der Waals surface area contributed by atoms with Crippen LogP contribution in [-0.4, -0.2) is 51.3 Å². The molecule has 0 spiro atoms. The Morgan fingerprint density at radius 2 is 2.11 bits per heavy atom. The van der Waals surface area contributed by atoms with Crippen LogP contribution in [0, 0.1) is 5.82 Å². The molecular formula is C13H17FN2O3. The fraction of sp³-hybridized carbons (Fsp3) is 0.462. The molecule has 1 aliphatic rings. The van der Waals surface area contributed by atoms with Gasteiger partial charge in [0.2, 0.25) is 0 Å². The third-order valence-corrected chi connectivity index (χ3v) is 3.09. The number of carbonyl (C=O) groups excluding carboxylic acids is 1. The Morgan fingerprint density at radius 3 is 2.68 bits per heavy atom. The molecule has 0 radical (unpaired) electrons. The number of methoxy groups -OCH3 is 1. The Morgan fingerprint density at radius 1 is 1.42 bits per heavy atom. The molecule has 1 aromatic carbocycles. The van der Waals surface area contributed by atoms with Gasteiger partial charge in [0.15, 0.2) is 0 Å². The van der Waals surface area contributed by atoms with Crippen LogP contribution in [0.15, 0.2) is 12.1 Å². The van der Waals surface area contributed by atoms with Crippen molar-refractivity contribution in [3.63, 3.8) is 0 Å². The SMILES string of the molecule is CNc1cc(F)c(C(=O)N2CCOCC2)cc1OC. The fourth-order valence-corrected chi connectivity index (χ4v) is 2.02. The van der Waals surface area contributed by atoms with Crippen molar-refractivity contribution in [1.29, 1.82) is 0 Å². The second kappa shape index (κ2) is 5.88. The van der Waals surface area contributed by atoms with Gasteiger partial charge in [0.25, 0.3) is 5.91 Å². The van der Waals surface area contributed by atoms with Crippen molar-refractivity contribution in [3.05, 3.63) is 23.5 Å². The maximum Gasteiger partial charge on any atom is 0.257 e. The molecule has 0 aliphatic carbocycles. The lowest BCUT2D eigenvalue weighted by Crippen LogP contribution is -2.41. The van der Waals surface area contributed by atoms with Crippen LogP contribution in [0.5, 0.6) is 5.75 Å². The van der Waals surface area contributed by atoms with Gasteiger partial charge in [0.05, 0.1) is 31.6 Å². The summed E-state index contributed by atoms with van der Waals surface area (Å²) in [5, 5.41) is 2.82. The number of morpholine rings is 1. The number of halogens is 1. The minimum Gasteiger partial charge on any atom is -0.495 e. The molecule has 1 fully saturated rings. The Labute approximate surface area is 111 Å². The van der Waals surface area contributed by atoms with Gasteiger partial charge in [-0.2, -0.15) is 0 Å². The number of amides is 1. The molecular weight excluding hydrogens is 251 g/mol. The lowest BCUT2D eigenvalue weighted by Gasteiger charge is -2.27. The monoisotopic (exact) mass is 268 g/mol. The molecule has 104 valence electrons. The van der Waals surface area contributed by atoms with Crippen molar-refractivity contribution in [2.75, 3.05) is 45.8 Å². The summed E-state index contributed by atoms with van der Waals surface area (Å²) in [7, 11) is 3.15. The first-order valence-corrected chi connectivity index (χ1v) is 6.09. The van der Waals surface area contributed by atoms with E-state index in [-0.39, 0.29) is 11.5 Å². The minimum atomic E-state index is -0.554. The fourth-order valence-electron chi connectivity index (χ4n) is 2.02. The van der Waals surface area contributed by atoms with Crippen molar-refractivity contribution < 1.29 is 18.7 Å². The Hall–Kier alpha value is -1.82. The van der Waals surface area contributed by atoms with E-state index in [0.717, 1.165) is 0 Å². The topological polar surface area (TPSA) is 50.8 Å². The summed E-state index contributed by atoms with van der Waals surface area (Å²) in [5.41, 5.74) is 0.538. The smallest absolute Gasteiger partial charge is 0.257 e. The second-order valence-electron chi connectivity index (χ2n) is 4.19. The van der Waals surface area contributed by atoms with E-state index in [0.29, 0.717) is 37.7 Å². The van der Waals surface area contributed by atoms with E-state index in [1.165, 1.54) is 19.2 Å². The van der Waals surface area contributed by atoms with Gasteiger partial charge in [-0.25, -0.2) is 4.39 Å². The van der Waals surface area contributed by atoms with Gasteiger partial charge in [0.1, 0.15) is 11.6 Å². The summed E-state index contributed by atoms with van der Waals surface area (Å²) in [6.07, 6.45) is 0. The highest BCUT2D eigenvalue weighted by Crippen LogP contribution is 2.28. The number of anilines is 1. The van der Waals surface area contributed by atoms with E-state index in [4.69, 9.17) is 9.47 Å². The molecule has 5 nitrogen and oxygen atoms in total. The molecule has 1 aliphatic heterocycles. The predicted molar refractivity (Wildman–Crippen MR) is 69.2 cm³/mol. The van der Waals surface area contributed by atoms with Crippen LogP contribution < -0.4 is 10.1 Å². The van der Waals surface area contributed by atoms with Gasteiger partial charge < -0.3 is 19.7 Å². The molecule has 0 bridgehead atoms. The molecule has 19 heavy (non-hydrogen) atoms. The van der Waals surface area contributed by atoms with E-state index >= 15 is 0 Å². The van der Waals surface area contributed by atoms with Crippen LogP contribution >= 0.6 is 0 Å². The predicted octanol–water partition coefficient (Wildman–Crippen LogP) is 1.35. The zero-order valence-electron chi connectivity index (χ0n) is 11.0. The van der Waals surface area contributed by atoms with Gasteiger partial charge >= 0.3 is 0 Å². The summed E-state index contributed by atoms with van der Waals surface area (Å²) < 4.78 is 24.3. The summed E-state index contributed by atoms with van der Waals surface area (Å²) in [4.78, 5) is 13.8. The number of nitrogens with one attached hydrogen (secondary N) is 1. The van der Waals surface area contributed by atoms with E-state index < -0.39 is 5.82 Å². The molecule has 0 atom stereocenters. The lowest BCUT2D eigenvalue weighted by molar-refractivity contribution is 0.0299. The number of ether oxygens (including phenoxy) is 2. The summed E-state index contributed by atoms with van der Waals surface area (Å²) in [6.45, 7) is 1.93. The summed E-state index contributed by atoms with van der Waals surface area (Å²) in [5.74, 6) is -0.441. The van der Waals surface area contributed by atoms with Crippen LogP contribution in [-0.2, 0) is 4.74 Å². The van der Waals surface area contributed by atoms with Crippen molar-refractivity contribution in [2.45, 2.75) is 0 Å². The number of carbonyl (C=O) groups is 1. The Balaban J connectivity index is 2.30. The highest BCUT2D eigenvalue weighted by Gasteiger charge is 2.23. The number of benzene rings is 1. The third-order valence-electron chi connectivity index (χ3n) is 3.09. The van der Waals surface area contributed by atoms with Crippen LogP contribution in [0.3, 0.4) is 0 Å². The Bertz CT molecular complexity index is 473. The molecule has 0 unspecified atom stereocenters. The first kappa shape index (κ1) is 13.6. The maximum atomic E-state index is 14.0. The highest BCUT2D eigenvalue weighted by molar-refractivity contribution is 5.95. The van der Waals surface area contributed by atoms with Crippen LogP contribution in [0.2, 0.25) is 0 Å². The number of hydrogen-bond acceptors (Lipinski definition) is 4. The summed E-state index contributed by atoms with van der Waals surface area (Å²) in [6, 6.07) is 2.70. The van der Waals surface area contributed by atoms with Crippen molar-refractivity contribution in [2.24, 2.45) is 0 Å².